The number of hydrogen-bond donors (Lipinski definition) is 1. The van der Waals surface area contributed by atoms with Crippen LogP contribution in [0.1, 0.15) is 13.3 Å². The SMILES string of the molecule is C=CCC(C)(Br)C(Br)(Br)C(=O)O. The van der Waals surface area contributed by atoms with E-state index in [1.165, 1.54) is 0 Å². The summed E-state index contributed by atoms with van der Waals surface area (Å²) in [4.78, 5) is 10.8. The molecule has 0 spiro atoms. The van der Waals surface area contributed by atoms with Crippen molar-refractivity contribution in [1.29, 1.82) is 0 Å². The predicted octanol–water partition coefficient (Wildman–Crippen LogP) is 3.29. The molecule has 0 bridgehead atoms. The van der Waals surface area contributed by atoms with E-state index in [0.717, 1.165) is 0 Å². The third-order valence-corrected chi connectivity index (χ3v) is 5.86. The fourth-order valence-electron chi connectivity index (χ4n) is 0.622. The first kappa shape index (κ1) is 12.7. The number of carboxylic acids is 1. The molecule has 5 heteroatoms. The Bertz CT molecular complexity index is 199. The largest absolute Gasteiger partial charge is 0.480 e. The van der Waals surface area contributed by atoms with Gasteiger partial charge in [0.15, 0.2) is 3.23 Å². The molecule has 0 saturated carbocycles. The molecule has 0 rings (SSSR count). The molecule has 0 aliphatic rings. The standard InChI is InChI=1S/C7H9Br3O2/c1-3-4-6(2,8)7(9,10)5(11)12/h3H,1,4H2,2H3,(H,11,12). The first-order valence-electron chi connectivity index (χ1n) is 3.16. The minimum Gasteiger partial charge on any atom is -0.480 e. The van der Waals surface area contributed by atoms with Crippen LogP contribution in [0.2, 0.25) is 0 Å². The van der Waals surface area contributed by atoms with Crippen molar-refractivity contribution in [3.8, 4) is 0 Å². The van der Waals surface area contributed by atoms with Crippen LogP contribution in [0.5, 0.6) is 0 Å². The highest BCUT2D eigenvalue weighted by atomic mass is 79.9. The zero-order chi connectivity index (χ0) is 9.99. The van der Waals surface area contributed by atoms with Crippen LogP contribution in [-0.2, 0) is 4.79 Å². The van der Waals surface area contributed by atoms with Crippen molar-refractivity contribution in [3.63, 3.8) is 0 Å². The van der Waals surface area contributed by atoms with Gasteiger partial charge in [-0.25, -0.2) is 4.79 Å². The molecule has 1 N–H and O–H groups in total. The van der Waals surface area contributed by atoms with Crippen molar-refractivity contribution in [2.75, 3.05) is 0 Å². The average molecular weight is 365 g/mol. The quantitative estimate of drug-likeness (QED) is 0.614. The molecule has 1 atom stereocenters. The Morgan fingerprint density at radius 1 is 1.58 bits per heavy atom. The van der Waals surface area contributed by atoms with E-state index in [2.05, 4.69) is 54.4 Å². The molecular weight excluding hydrogens is 356 g/mol. The van der Waals surface area contributed by atoms with E-state index in [0.29, 0.717) is 6.42 Å². The summed E-state index contributed by atoms with van der Waals surface area (Å²) < 4.78 is -1.77. The minimum atomic E-state index is -1.17. The van der Waals surface area contributed by atoms with Gasteiger partial charge in [-0.05, 0) is 13.3 Å². The van der Waals surface area contributed by atoms with E-state index in [1.54, 1.807) is 13.0 Å². The maximum Gasteiger partial charge on any atom is 0.332 e. The Morgan fingerprint density at radius 3 is 2.25 bits per heavy atom. The monoisotopic (exact) mass is 362 g/mol. The van der Waals surface area contributed by atoms with Gasteiger partial charge < -0.3 is 5.11 Å². The number of alkyl halides is 3. The highest BCUT2D eigenvalue weighted by Crippen LogP contribution is 2.46. The van der Waals surface area contributed by atoms with Crippen molar-refractivity contribution >= 4 is 53.8 Å². The fraction of sp³-hybridized carbons (Fsp3) is 0.571. The highest BCUT2D eigenvalue weighted by molar-refractivity contribution is 9.26. The van der Waals surface area contributed by atoms with Gasteiger partial charge in [-0.15, -0.1) is 6.58 Å². The van der Waals surface area contributed by atoms with Crippen LogP contribution < -0.4 is 0 Å². The number of aliphatic carboxylic acids is 1. The van der Waals surface area contributed by atoms with Gasteiger partial charge in [0.25, 0.3) is 0 Å². The van der Waals surface area contributed by atoms with Crippen molar-refractivity contribution in [1.82, 2.24) is 0 Å². The number of allylic oxidation sites excluding steroid dienone is 1. The summed E-state index contributed by atoms with van der Waals surface area (Å²) in [5, 5.41) is 8.85. The van der Waals surface area contributed by atoms with Crippen LogP contribution in [-0.4, -0.2) is 18.6 Å². The lowest BCUT2D eigenvalue weighted by Crippen LogP contribution is -2.43. The Labute approximate surface area is 96.8 Å². The summed E-state index contributed by atoms with van der Waals surface area (Å²) in [5.74, 6) is -0.969. The zero-order valence-electron chi connectivity index (χ0n) is 6.48. The summed E-state index contributed by atoms with van der Waals surface area (Å²) in [6.45, 7) is 5.32. The maximum absolute atomic E-state index is 10.8. The maximum atomic E-state index is 10.8. The van der Waals surface area contributed by atoms with E-state index in [4.69, 9.17) is 5.11 Å². The summed E-state index contributed by atoms with van der Waals surface area (Å²) in [5.41, 5.74) is 0. The minimum absolute atomic E-state index is 0.538. The molecule has 0 aliphatic heterocycles. The van der Waals surface area contributed by atoms with Crippen molar-refractivity contribution in [2.24, 2.45) is 0 Å². The van der Waals surface area contributed by atoms with Crippen LogP contribution >= 0.6 is 47.8 Å². The number of carboxylic acid groups (broad SMARTS) is 1. The summed E-state index contributed by atoms with van der Waals surface area (Å²) in [7, 11) is 0. The molecular formula is C7H9Br3O2. The van der Waals surface area contributed by atoms with Gasteiger partial charge in [0, 0.05) is 0 Å². The summed E-state index contributed by atoms with van der Waals surface area (Å²) >= 11 is 9.50. The second kappa shape index (κ2) is 4.24. The second-order valence-corrected chi connectivity index (χ2v) is 7.76. The Hall–Kier alpha value is 0.650. The first-order valence-corrected chi connectivity index (χ1v) is 5.54. The number of carbonyl (C=O) groups is 1. The Balaban J connectivity index is 4.73. The average Bonchev–Trinajstić information content (AvgIpc) is 1.86. The molecule has 0 aromatic heterocycles. The molecule has 0 aromatic rings. The lowest BCUT2D eigenvalue weighted by Gasteiger charge is -2.31. The van der Waals surface area contributed by atoms with E-state index < -0.39 is 13.5 Å². The van der Waals surface area contributed by atoms with Gasteiger partial charge in [-0.2, -0.15) is 0 Å². The molecule has 1 unspecified atom stereocenters. The van der Waals surface area contributed by atoms with Crippen molar-refractivity contribution in [2.45, 2.75) is 20.9 Å². The van der Waals surface area contributed by atoms with Crippen LogP contribution in [0.25, 0.3) is 0 Å². The number of halogens is 3. The first-order chi connectivity index (χ1) is 5.25. The normalized spacial score (nSPS) is 16.7. The highest BCUT2D eigenvalue weighted by Gasteiger charge is 2.48. The van der Waals surface area contributed by atoms with E-state index in [1.807, 2.05) is 0 Å². The van der Waals surface area contributed by atoms with Gasteiger partial charge in [0.05, 0.1) is 4.32 Å². The molecule has 0 saturated heterocycles. The van der Waals surface area contributed by atoms with Gasteiger partial charge >= 0.3 is 5.97 Å². The summed E-state index contributed by atoms with van der Waals surface area (Å²) in [6, 6.07) is 0. The van der Waals surface area contributed by atoms with E-state index in [-0.39, 0.29) is 0 Å². The molecule has 0 amide bonds. The molecule has 12 heavy (non-hydrogen) atoms. The predicted molar refractivity (Wildman–Crippen MR) is 60.4 cm³/mol. The Morgan fingerprint density at radius 2 is 2.00 bits per heavy atom. The van der Waals surface area contributed by atoms with Crippen molar-refractivity contribution < 1.29 is 9.90 Å². The van der Waals surface area contributed by atoms with Crippen LogP contribution in [0.3, 0.4) is 0 Å². The lowest BCUT2D eigenvalue weighted by atomic mass is 10.0. The molecule has 0 aromatic carbocycles. The molecule has 70 valence electrons. The van der Waals surface area contributed by atoms with Crippen LogP contribution in [0, 0.1) is 0 Å². The van der Waals surface area contributed by atoms with Crippen LogP contribution in [0.15, 0.2) is 12.7 Å². The molecule has 2 nitrogen and oxygen atoms in total. The van der Waals surface area contributed by atoms with E-state index in [9.17, 15) is 4.79 Å². The second-order valence-electron chi connectivity index (χ2n) is 2.57. The third-order valence-electron chi connectivity index (χ3n) is 1.45. The Kier molecular flexibility index (Phi) is 4.47. The van der Waals surface area contributed by atoms with E-state index >= 15 is 0 Å². The van der Waals surface area contributed by atoms with Gasteiger partial charge in [0.2, 0.25) is 0 Å². The fourth-order valence-corrected chi connectivity index (χ4v) is 1.34. The van der Waals surface area contributed by atoms with Gasteiger partial charge in [-0.1, -0.05) is 53.9 Å². The third kappa shape index (κ3) is 2.57. The number of rotatable bonds is 4. The number of hydrogen-bond acceptors (Lipinski definition) is 1. The topological polar surface area (TPSA) is 37.3 Å². The smallest absolute Gasteiger partial charge is 0.332 e. The lowest BCUT2D eigenvalue weighted by molar-refractivity contribution is -0.137. The summed E-state index contributed by atoms with van der Waals surface area (Å²) in [6.07, 6.45) is 2.20. The molecule has 0 fully saturated rings. The van der Waals surface area contributed by atoms with Crippen LogP contribution in [0.4, 0.5) is 0 Å². The van der Waals surface area contributed by atoms with Gasteiger partial charge in [0.1, 0.15) is 0 Å². The zero-order valence-corrected chi connectivity index (χ0v) is 11.2. The molecule has 0 heterocycles. The van der Waals surface area contributed by atoms with Crippen molar-refractivity contribution in [3.05, 3.63) is 12.7 Å². The molecule has 0 aliphatic carbocycles. The molecule has 0 radical (unpaired) electrons. The van der Waals surface area contributed by atoms with Gasteiger partial charge in [-0.3, -0.25) is 0 Å².